The molecule has 1 atom stereocenters. The summed E-state index contributed by atoms with van der Waals surface area (Å²) in [5, 5.41) is 2.15. The van der Waals surface area contributed by atoms with Crippen LogP contribution in [-0.4, -0.2) is 26.3 Å². The predicted octanol–water partition coefficient (Wildman–Crippen LogP) is 2.16. The van der Waals surface area contributed by atoms with Crippen molar-refractivity contribution in [2.75, 3.05) is 25.6 Å². The Balaban J connectivity index is 2.79. The number of nitrogens with one attached hydrogen (secondary N) is 1. The van der Waals surface area contributed by atoms with E-state index in [1.165, 1.54) is 7.11 Å². The molecule has 0 heterocycles. The van der Waals surface area contributed by atoms with E-state index in [-0.39, 0.29) is 19.6 Å². The van der Waals surface area contributed by atoms with Gasteiger partial charge >= 0.3 is 0 Å². The zero-order valence-electron chi connectivity index (χ0n) is 10.1. The van der Waals surface area contributed by atoms with Gasteiger partial charge in [-0.05, 0) is 6.42 Å². The van der Waals surface area contributed by atoms with Crippen LogP contribution in [0.2, 0.25) is 0 Å². The normalized spacial score (nSPS) is 12.6. The molecule has 0 aromatic heterocycles. The van der Waals surface area contributed by atoms with Gasteiger partial charge in [0.1, 0.15) is 5.69 Å². The summed E-state index contributed by atoms with van der Waals surface area (Å²) in [6.45, 7) is 0.168. The lowest BCUT2D eigenvalue weighted by Gasteiger charge is -2.13. The topological polar surface area (TPSA) is 47.3 Å². The third kappa shape index (κ3) is 3.54. The van der Waals surface area contributed by atoms with Gasteiger partial charge in [0, 0.05) is 19.7 Å². The fraction of sp³-hybridized carbons (Fsp3) is 0.455. The second kappa shape index (κ2) is 6.67. The molecule has 19 heavy (non-hydrogen) atoms. The van der Waals surface area contributed by atoms with Gasteiger partial charge in [-0.15, -0.1) is 0 Å². The first-order valence-corrected chi connectivity index (χ1v) is 5.40. The Morgan fingerprint density at radius 3 is 1.95 bits per heavy atom. The van der Waals surface area contributed by atoms with Crippen LogP contribution < -0.4 is 11.1 Å². The number of hydrogen-bond donors (Lipinski definition) is 2. The van der Waals surface area contributed by atoms with Gasteiger partial charge in [0.15, 0.2) is 23.3 Å². The lowest BCUT2D eigenvalue weighted by atomic mass is 10.2. The van der Waals surface area contributed by atoms with Crippen LogP contribution in [0.4, 0.5) is 27.6 Å². The van der Waals surface area contributed by atoms with Gasteiger partial charge in [0.2, 0.25) is 5.82 Å². The average Bonchev–Trinajstić information content (AvgIpc) is 2.38. The van der Waals surface area contributed by atoms with Gasteiger partial charge in [-0.2, -0.15) is 0 Å². The number of halogens is 5. The fourth-order valence-electron chi connectivity index (χ4n) is 1.44. The molecule has 1 rings (SSSR count). The summed E-state index contributed by atoms with van der Waals surface area (Å²) < 4.78 is 69.7. The molecule has 0 bridgehead atoms. The van der Waals surface area contributed by atoms with Crippen molar-refractivity contribution in [1.29, 1.82) is 0 Å². The van der Waals surface area contributed by atoms with Gasteiger partial charge in [-0.1, -0.05) is 0 Å². The zero-order chi connectivity index (χ0) is 14.6. The second-order valence-electron chi connectivity index (χ2n) is 3.88. The summed E-state index contributed by atoms with van der Waals surface area (Å²) in [5.41, 5.74) is 4.49. The van der Waals surface area contributed by atoms with Crippen molar-refractivity contribution in [2.45, 2.75) is 12.5 Å². The van der Waals surface area contributed by atoms with Crippen LogP contribution >= 0.6 is 0 Å². The Kier molecular flexibility index (Phi) is 5.49. The molecule has 0 aliphatic heterocycles. The summed E-state index contributed by atoms with van der Waals surface area (Å²) in [6.07, 6.45) is 0.243. The minimum atomic E-state index is -2.18. The van der Waals surface area contributed by atoms with Crippen molar-refractivity contribution < 1.29 is 26.7 Å². The molecule has 0 aliphatic rings. The number of anilines is 1. The summed E-state index contributed by atoms with van der Waals surface area (Å²) in [4.78, 5) is 0. The van der Waals surface area contributed by atoms with Gasteiger partial charge in [-0.25, -0.2) is 22.0 Å². The van der Waals surface area contributed by atoms with Gasteiger partial charge in [0.25, 0.3) is 0 Å². The number of rotatable bonds is 6. The monoisotopic (exact) mass is 284 g/mol. The van der Waals surface area contributed by atoms with Gasteiger partial charge in [0.05, 0.1) is 6.61 Å². The molecule has 0 saturated carbocycles. The molecular weight excluding hydrogens is 271 g/mol. The highest BCUT2D eigenvalue weighted by Gasteiger charge is 2.25. The molecule has 3 nitrogen and oxygen atoms in total. The lowest BCUT2D eigenvalue weighted by Crippen LogP contribution is -2.28. The summed E-state index contributed by atoms with van der Waals surface area (Å²) in [7, 11) is 1.43. The van der Waals surface area contributed by atoms with Crippen LogP contribution in [0.3, 0.4) is 0 Å². The van der Waals surface area contributed by atoms with Crippen LogP contribution in [0.5, 0.6) is 0 Å². The quantitative estimate of drug-likeness (QED) is 0.478. The van der Waals surface area contributed by atoms with Crippen molar-refractivity contribution in [2.24, 2.45) is 5.73 Å². The molecular formula is C11H13F5N2O. The summed E-state index contributed by atoms with van der Waals surface area (Å²) in [6, 6.07) is -0.404. The molecule has 3 N–H and O–H groups in total. The minimum Gasteiger partial charge on any atom is -0.383 e. The maximum atomic E-state index is 13.2. The number of ether oxygens (including phenoxy) is 1. The van der Waals surface area contributed by atoms with Crippen LogP contribution in [0.15, 0.2) is 0 Å². The Hall–Kier alpha value is -1.41. The molecule has 0 aliphatic carbocycles. The van der Waals surface area contributed by atoms with Crippen LogP contribution in [-0.2, 0) is 4.74 Å². The minimum absolute atomic E-state index is 0.0527. The van der Waals surface area contributed by atoms with Crippen LogP contribution in [0.1, 0.15) is 6.42 Å². The SMILES string of the molecule is COCC(N)CCNc1c(F)c(F)c(F)c(F)c1F. The standard InChI is InChI=1S/C11H13F5N2O/c1-19-4-5(17)2-3-18-11-9(15)7(13)6(12)8(14)10(11)16/h5,18H,2-4,17H2,1H3. The Morgan fingerprint density at radius 1 is 1.00 bits per heavy atom. The third-order valence-electron chi connectivity index (χ3n) is 2.41. The Morgan fingerprint density at radius 2 is 1.47 bits per heavy atom. The first kappa shape index (κ1) is 15.6. The highest BCUT2D eigenvalue weighted by molar-refractivity contribution is 5.47. The summed E-state index contributed by atoms with van der Waals surface area (Å²) in [5.74, 6) is -9.93. The first-order valence-electron chi connectivity index (χ1n) is 5.40. The molecule has 0 radical (unpaired) electrons. The highest BCUT2D eigenvalue weighted by atomic mass is 19.2. The molecule has 0 fully saturated rings. The number of nitrogens with two attached hydrogens (primary N) is 1. The molecule has 1 aromatic carbocycles. The third-order valence-corrected chi connectivity index (χ3v) is 2.41. The maximum absolute atomic E-state index is 13.2. The molecule has 1 unspecified atom stereocenters. The van der Waals surface area contributed by atoms with Crippen molar-refractivity contribution in [3.8, 4) is 0 Å². The van der Waals surface area contributed by atoms with E-state index < -0.39 is 40.8 Å². The first-order chi connectivity index (χ1) is 8.90. The smallest absolute Gasteiger partial charge is 0.200 e. The van der Waals surface area contributed by atoms with E-state index in [1.54, 1.807) is 0 Å². The van der Waals surface area contributed by atoms with E-state index in [9.17, 15) is 22.0 Å². The van der Waals surface area contributed by atoms with Crippen LogP contribution in [0.25, 0.3) is 0 Å². The Labute approximate surface area is 106 Å². The number of benzene rings is 1. The molecule has 0 saturated heterocycles. The van der Waals surface area contributed by atoms with Gasteiger partial charge < -0.3 is 15.8 Å². The number of methoxy groups -OCH3 is 1. The molecule has 0 spiro atoms. The maximum Gasteiger partial charge on any atom is 0.200 e. The van der Waals surface area contributed by atoms with E-state index in [2.05, 4.69) is 5.32 Å². The van der Waals surface area contributed by atoms with E-state index >= 15 is 0 Å². The van der Waals surface area contributed by atoms with E-state index in [4.69, 9.17) is 10.5 Å². The van der Waals surface area contributed by atoms with Crippen molar-refractivity contribution in [3.63, 3.8) is 0 Å². The second-order valence-corrected chi connectivity index (χ2v) is 3.88. The summed E-state index contributed by atoms with van der Waals surface area (Å²) >= 11 is 0. The van der Waals surface area contributed by atoms with Gasteiger partial charge in [-0.3, -0.25) is 0 Å². The van der Waals surface area contributed by atoms with Crippen molar-refractivity contribution in [1.82, 2.24) is 0 Å². The highest BCUT2D eigenvalue weighted by Crippen LogP contribution is 2.26. The van der Waals surface area contributed by atoms with E-state index in [1.807, 2.05) is 0 Å². The lowest BCUT2D eigenvalue weighted by molar-refractivity contribution is 0.178. The molecule has 1 aromatic rings. The van der Waals surface area contributed by atoms with E-state index in [0.717, 1.165) is 0 Å². The molecule has 108 valence electrons. The van der Waals surface area contributed by atoms with Crippen molar-refractivity contribution >= 4 is 5.69 Å². The average molecular weight is 284 g/mol. The predicted molar refractivity (Wildman–Crippen MR) is 59.2 cm³/mol. The van der Waals surface area contributed by atoms with Crippen molar-refractivity contribution in [3.05, 3.63) is 29.1 Å². The van der Waals surface area contributed by atoms with E-state index in [0.29, 0.717) is 0 Å². The number of hydrogen-bond acceptors (Lipinski definition) is 3. The molecule has 8 heteroatoms. The largest absolute Gasteiger partial charge is 0.383 e. The molecule has 0 amide bonds. The van der Waals surface area contributed by atoms with Crippen LogP contribution in [0, 0.1) is 29.1 Å². The zero-order valence-corrected chi connectivity index (χ0v) is 10.1. The fourth-order valence-corrected chi connectivity index (χ4v) is 1.44. The Bertz CT molecular complexity index is 426.